The van der Waals surface area contributed by atoms with E-state index in [1.165, 1.54) is 11.1 Å². The third kappa shape index (κ3) is 2.51. The van der Waals surface area contributed by atoms with Crippen LogP contribution in [0.5, 0.6) is 5.75 Å². The molecule has 4 heteroatoms. The van der Waals surface area contributed by atoms with Gasteiger partial charge in [0.05, 0.1) is 25.9 Å². The van der Waals surface area contributed by atoms with Gasteiger partial charge in [-0.05, 0) is 43.0 Å². The molecule has 0 heterocycles. The van der Waals surface area contributed by atoms with Crippen LogP contribution in [0, 0.1) is 0 Å². The van der Waals surface area contributed by atoms with Crippen LogP contribution in [0.4, 0.5) is 0 Å². The molecule has 0 radical (unpaired) electrons. The molecule has 0 saturated heterocycles. The van der Waals surface area contributed by atoms with Crippen LogP contribution in [0.25, 0.3) is 0 Å². The maximum Gasteiger partial charge on any atom is 0.119 e. The molecule has 0 spiro atoms. The van der Waals surface area contributed by atoms with Crippen LogP contribution in [0.3, 0.4) is 0 Å². The van der Waals surface area contributed by atoms with Gasteiger partial charge in [0.1, 0.15) is 5.75 Å². The Kier molecular flexibility index (Phi) is 3.90. The van der Waals surface area contributed by atoms with Gasteiger partial charge < -0.3 is 20.3 Å². The van der Waals surface area contributed by atoms with E-state index >= 15 is 0 Å². The number of rotatable bonds is 5. The number of ether oxygens (including phenoxy) is 1. The molecule has 1 aliphatic rings. The van der Waals surface area contributed by atoms with Crippen LogP contribution in [-0.4, -0.2) is 36.1 Å². The minimum atomic E-state index is -0.643. The highest BCUT2D eigenvalue weighted by molar-refractivity contribution is 5.41. The van der Waals surface area contributed by atoms with Crippen LogP contribution in [0.2, 0.25) is 0 Å². The third-order valence-corrected chi connectivity index (χ3v) is 3.65. The summed E-state index contributed by atoms with van der Waals surface area (Å²) in [7, 11) is 1.66. The first-order chi connectivity index (χ1) is 8.61. The second-order valence-corrected chi connectivity index (χ2v) is 5.18. The number of fused-ring (bicyclic) bond motifs is 1. The molecule has 1 aliphatic carbocycles. The lowest BCUT2D eigenvalue weighted by atomic mass is 10.0. The van der Waals surface area contributed by atoms with Gasteiger partial charge in [-0.15, -0.1) is 0 Å². The summed E-state index contributed by atoms with van der Waals surface area (Å²) in [6, 6.07) is 6.26. The van der Waals surface area contributed by atoms with E-state index in [1.807, 2.05) is 19.1 Å². The van der Waals surface area contributed by atoms with Gasteiger partial charge in [-0.1, -0.05) is 6.07 Å². The monoisotopic (exact) mass is 251 g/mol. The fraction of sp³-hybridized carbons (Fsp3) is 0.571. The Balaban J connectivity index is 2.20. The number of methoxy groups -OCH3 is 1. The fourth-order valence-electron chi connectivity index (χ4n) is 2.42. The van der Waals surface area contributed by atoms with Crippen LogP contribution in [-0.2, 0) is 6.42 Å². The molecule has 4 nitrogen and oxygen atoms in total. The first-order valence-electron chi connectivity index (χ1n) is 6.28. The van der Waals surface area contributed by atoms with Gasteiger partial charge in [-0.3, -0.25) is 0 Å². The smallest absolute Gasteiger partial charge is 0.119 e. The zero-order chi connectivity index (χ0) is 13.2. The topological polar surface area (TPSA) is 61.7 Å². The minimum Gasteiger partial charge on any atom is -0.497 e. The third-order valence-electron chi connectivity index (χ3n) is 3.65. The molecule has 2 rings (SSSR count). The summed E-state index contributed by atoms with van der Waals surface area (Å²) in [4.78, 5) is 0. The molecule has 0 amide bonds. The second kappa shape index (κ2) is 5.26. The molecular weight excluding hydrogens is 230 g/mol. The molecular formula is C14H21NO3. The van der Waals surface area contributed by atoms with Gasteiger partial charge in [-0.25, -0.2) is 0 Å². The predicted octanol–water partition coefficient (Wildman–Crippen LogP) is 1.02. The normalized spacial score (nSPS) is 18.8. The van der Waals surface area contributed by atoms with Crippen molar-refractivity contribution >= 4 is 0 Å². The van der Waals surface area contributed by atoms with Gasteiger partial charge in [0.2, 0.25) is 0 Å². The van der Waals surface area contributed by atoms with E-state index in [4.69, 9.17) is 4.74 Å². The van der Waals surface area contributed by atoms with E-state index < -0.39 is 5.54 Å². The largest absolute Gasteiger partial charge is 0.497 e. The van der Waals surface area contributed by atoms with E-state index in [1.54, 1.807) is 7.11 Å². The highest BCUT2D eigenvalue weighted by Gasteiger charge is 2.30. The molecule has 3 N–H and O–H groups in total. The molecule has 0 aromatic heterocycles. The van der Waals surface area contributed by atoms with E-state index in [9.17, 15) is 10.2 Å². The minimum absolute atomic E-state index is 0.0840. The van der Waals surface area contributed by atoms with Crippen molar-refractivity contribution in [3.8, 4) is 5.75 Å². The molecule has 100 valence electrons. The summed E-state index contributed by atoms with van der Waals surface area (Å²) in [5.41, 5.74) is 1.88. The number of hydrogen-bond donors (Lipinski definition) is 3. The maximum atomic E-state index is 9.35. The first-order valence-corrected chi connectivity index (χ1v) is 6.28. The summed E-state index contributed by atoms with van der Waals surface area (Å²) >= 11 is 0. The Hall–Kier alpha value is -1.10. The Morgan fingerprint density at radius 2 is 2.11 bits per heavy atom. The SMILES string of the molecule is COc1ccc2c(c1)C(NC(C)(CO)CO)CC2. The van der Waals surface area contributed by atoms with E-state index in [0.29, 0.717) is 0 Å². The van der Waals surface area contributed by atoms with Crippen molar-refractivity contribution in [2.75, 3.05) is 20.3 Å². The van der Waals surface area contributed by atoms with Gasteiger partial charge >= 0.3 is 0 Å². The number of aliphatic hydroxyl groups excluding tert-OH is 2. The Morgan fingerprint density at radius 3 is 2.72 bits per heavy atom. The quantitative estimate of drug-likeness (QED) is 0.731. The molecule has 18 heavy (non-hydrogen) atoms. The van der Waals surface area contributed by atoms with Crippen molar-refractivity contribution in [1.29, 1.82) is 0 Å². The van der Waals surface area contributed by atoms with E-state index in [0.717, 1.165) is 18.6 Å². The van der Waals surface area contributed by atoms with Gasteiger partial charge in [0, 0.05) is 6.04 Å². The van der Waals surface area contributed by atoms with Crippen molar-refractivity contribution in [2.24, 2.45) is 0 Å². The number of aryl methyl sites for hydroxylation is 1. The highest BCUT2D eigenvalue weighted by Crippen LogP contribution is 2.34. The lowest BCUT2D eigenvalue weighted by Crippen LogP contribution is -2.50. The number of hydrogen-bond acceptors (Lipinski definition) is 4. The Morgan fingerprint density at radius 1 is 1.39 bits per heavy atom. The van der Waals surface area contributed by atoms with Crippen molar-refractivity contribution in [1.82, 2.24) is 5.32 Å². The fourth-order valence-corrected chi connectivity index (χ4v) is 2.42. The summed E-state index contributed by atoms with van der Waals surface area (Å²) in [6.07, 6.45) is 2.00. The zero-order valence-electron chi connectivity index (χ0n) is 10.9. The van der Waals surface area contributed by atoms with Crippen LogP contribution in [0.15, 0.2) is 18.2 Å². The summed E-state index contributed by atoms with van der Waals surface area (Å²) in [6.45, 7) is 1.66. The molecule has 0 fully saturated rings. The predicted molar refractivity (Wildman–Crippen MR) is 69.8 cm³/mol. The van der Waals surface area contributed by atoms with E-state index in [2.05, 4.69) is 11.4 Å². The van der Waals surface area contributed by atoms with Crippen molar-refractivity contribution in [2.45, 2.75) is 31.3 Å². The van der Waals surface area contributed by atoms with Gasteiger partial charge in [-0.2, -0.15) is 0 Å². The van der Waals surface area contributed by atoms with Crippen LogP contribution < -0.4 is 10.1 Å². The molecule has 1 unspecified atom stereocenters. The Bertz CT molecular complexity index is 416. The number of nitrogens with one attached hydrogen (secondary N) is 1. The lowest BCUT2D eigenvalue weighted by Gasteiger charge is -2.30. The molecule has 1 aromatic rings. The summed E-state index contributed by atoms with van der Waals surface area (Å²) < 4.78 is 5.24. The van der Waals surface area contributed by atoms with Crippen molar-refractivity contribution < 1.29 is 14.9 Å². The average molecular weight is 251 g/mol. The first kappa shape index (κ1) is 13.3. The number of aliphatic hydroxyl groups is 2. The summed E-state index contributed by atoms with van der Waals surface area (Å²) in [5, 5.41) is 22.0. The highest BCUT2D eigenvalue weighted by atomic mass is 16.5. The lowest BCUT2D eigenvalue weighted by molar-refractivity contribution is 0.0939. The van der Waals surface area contributed by atoms with Crippen molar-refractivity contribution in [3.63, 3.8) is 0 Å². The molecule has 0 saturated carbocycles. The average Bonchev–Trinajstić information content (AvgIpc) is 2.80. The molecule has 1 atom stereocenters. The van der Waals surface area contributed by atoms with Gasteiger partial charge in [0.15, 0.2) is 0 Å². The second-order valence-electron chi connectivity index (χ2n) is 5.18. The Labute approximate surface area is 108 Å². The van der Waals surface area contributed by atoms with Crippen molar-refractivity contribution in [3.05, 3.63) is 29.3 Å². The standard InChI is InChI=1S/C14H21NO3/c1-14(8-16,9-17)15-13-6-4-10-3-5-11(18-2)7-12(10)13/h3,5,7,13,15-17H,4,6,8-9H2,1-2H3. The zero-order valence-corrected chi connectivity index (χ0v) is 10.9. The van der Waals surface area contributed by atoms with Crippen LogP contribution in [0.1, 0.15) is 30.5 Å². The molecule has 1 aromatic carbocycles. The van der Waals surface area contributed by atoms with Crippen LogP contribution >= 0.6 is 0 Å². The molecule has 0 aliphatic heterocycles. The maximum absolute atomic E-state index is 9.35. The van der Waals surface area contributed by atoms with E-state index in [-0.39, 0.29) is 19.3 Å². The van der Waals surface area contributed by atoms with Gasteiger partial charge in [0.25, 0.3) is 0 Å². The summed E-state index contributed by atoms with van der Waals surface area (Å²) in [5.74, 6) is 0.845. The number of benzene rings is 1. The molecule has 0 bridgehead atoms.